The number of hydrogen-bond donors (Lipinski definition) is 1. The summed E-state index contributed by atoms with van der Waals surface area (Å²) in [6.07, 6.45) is 7.87. The summed E-state index contributed by atoms with van der Waals surface area (Å²) in [6.45, 7) is 4.84. The summed E-state index contributed by atoms with van der Waals surface area (Å²) < 4.78 is 0. The summed E-state index contributed by atoms with van der Waals surface area (Å²) in [5.74, 6) is 4.22. The van der Waals surface area contributed by atoms with E-state index >= 15 is 0 Å². The van der Waals surface area contributed by atoms with E-state index < -0.39 is 0 Å². The third-order valence-corrected chi connectivity index (χ3v) is 5.46. The second-order valence-electron chi connectivity index (χ2n) is 7.17. The van der Waals surface area contributed by atoms with Gasteiger partial charge in [0.1, 0.15) is 0 Å². The van der Waals surface area contributed by atoms with E-state index in [9.17, 15) is 4.79 Å². The zero-order chi connectivity index (χ0) is 16.9. The molecule has 128 valence electrons. The molecular weight excluding hydrogens is 298 g/mol. The Morgan fingerprint density at radius 2 is 2.21 bits per heavy atom. The zero-order valence-corrected chi connectivity index (χ0v) is 14.4. The van der Waals surface area contributed by atoms with Crippen molar-refractivity contribution >= 4 is 5.91 Å². The van der Waals surface area contributed by atoms with E-state index in [0.29, 0.717) is 12.0 Å². The summed E-state index contributed by atoms with van der Waals surface area (Å²) >= 11 is 0. The first-order valence-electron chi connectivity index (χ1n) is 8.86. The summed E-state index contributed by atoms with van der Waals surface area (Å²) in [4.78, 5) is 17.0. The average molecular weight is 325 g/mol. The van der Waals surface area contributed by atoms with Crippen molar-refractivity contribution in [1.82, 2.24) is 15.1 Å². The molecule has 4 atom stereocenters. The van der Waals surface area contributed by atoms with Crippen molar-refractivity contribution in [3.05, 3.63) is 35.9 Å². The van der Waals surface area contributed by atoms with E-state index in [1.54, 1.807) is 0 Å². The van der Waals surface area contributed by atoms with Gasteiger partial charge in [0.2, 0.25) is 0 Å². The highest BCUT2D eigenvalue weighted by Crippen LogP contribution is 2.36. The Morgan fingerprint density at radius 1 is 1.42 bits per heavy atom. The van der Waals surface area contributed by atoms with Crippen LogP contribution in [0.1, 0.15) is 23.2 Å². The van der Waals surface area contributed by atoms with Gasteiger partial charge >= 0.3 is 0 Å². The molecular formula is C20H27N3O. The van der Waals surface area contributed by atoms with Gasteiger partial charge in [0.25, 0.3) is 5.91 Å². The van der Waals surface area contributed by atoms with Crippen LogP contribution in [0.3, 0.4) is 0 Å². The van der Waals surface area contributed by atoms with Gasteiger partial charge in [-0.2, -0.15) is 0 Å². The van der Waals surface area contributed by atoms with Crippen molar-refractivity contribution in [2.45, 2.75) is 18.9 Å². The number of fused-ring (bicyclic) bond motifs is 3. The monoisotopic (exact) mass is 325 g/mol. The molecule has 2 bridgehead atoms. The van der Waals surface area contributed by atoms with Crippen LogP contribution in [0.4, 0.5) is 0 Å². The number of rotatable bonds is 6. The Kier molecular flexibility index (Phi) is 5.55. The largest absolute Gasteiger partial charge is 0.350 e. The molecule has 4 heteroatoms. The minimum absolute atomic E-state index is 0.0311. The number of carbonyl (C=O) groups excluding carboxylic acids is 1. The lowest BCUT2D eigenvalue weighted by Gasteiger charge is -2.50. The van der Waals surface area contributed by atoms with Gasteiger partial charge in [-0.25, -0.2) is 0 Å². The van der Waals surface area contributed by atoms with Gasteiger partial charge in [0.15, 0.2) is 0 Å². The number of amides is 1. The van der Waals surface area contributed by atoms with E-state index in [-0.39, 0.29) is 5.91 Å². The number of terminal acetylenes is 1. The van der Waals surface area contributed by atoms with Crippen LogP contribution in [0, 0.1) is 24.2 Å². The maximum Gasteiger partial charge on any atom is 0.251 e. The van der Waals surface area contributed by atoms with Crippen molar-refractivity contribution in [3.63, 3.8) is 0 Å². The average Bonchev–Trinajstić information content (AvgIpc) is 2.61. The van der Waals surface area contributed by atoms with Gasteiger partial charge in [0.05, 0.1) is 6.54 Å². The number of carbonyl (C=O) groups is 1. The van der Waals surface area contributed by atoms with Crippen LogP contribution in [0.25, 0.3) is 0 Å². The number of benzene rings is 1. The van der Waals surface area contributed by atoms with Crippen LogP contribution in [0.5, 0.6) is 0 Å². The molecule has 1 N–H and O–H groups in total. The number of nitrogens with one attached hydrogen (secondary N) is 1. The van der Waals surface area contributed by atoms with E-state index in [2.05, 4.69) is 28.1 Å². The molecule has 0 radical (unpaired) electrons. The van der Waals surface area contributed by atoms with Crippen molar-refractivity contribution in [2.24, 2.45) is 11.8 Å². The lowest BCUT2D eigenvalue weighted by molar-refractivity contribution is -0.00762. The zero-order valence-electron chi connectivity index (χ0n) is 14.4. The minimum Gasteiger partial charge on any atom is -0.350 e. The maximum atomic E-state index is 12.2. The standard InChI is InChI=1S/C20H27N3O/c1-3-10-22(2)14-18-15-23-11-9-17(18)12-19(23)13-21-20(24)16-7-5-4-6-8-16/h1,4-8,17-19H,9-15H2,2H3,(H,21,24)/t17-,18-,19+/m0/s1. The van der Waals surface area contributed by atoms with Crippen LogP contribution in [-0.4, -0.2) is 61.5 Å². The molecule has 1 unspecified atom stereocenters. The number of hydrogen-bond acceptors (Lipinski definition) is 3. The number of piperidine rings is 3. The molecule has 1 amide bonds. The highest BCUT2D eigenvalue weighted by molar-refractivity contribution is 5.94. The van der Waals surface area contributed by atoms with Gasteiger partial charge in [-0.1, -0.05) is 24.1 Å². The fourth-order valence-electron chi connectivity index (χ4n) is 4.19. The molecule has 0 aromatic heterocycles. The molecule has 24 heavy (non-hydrogen) atoms. The van der Waals surface area contributed by atoms with Crippen molar-refractivity contribution in [2.75, 3.05) is 39.8 Å². The maximum absolute atomic E-state index is 12.2. The van der Waals surface area contributed by atoms with Gasteiger partial charge < -0.3 is 5.32 Å². The molecule has 0 spiro atoms. The Balaban J connectivity index is 1.50. The molecule has 0 aliphatic carbocycles. The Labute approximate surface area is 145 Å². The molecule has 4 nitrogen and oxygen atoms in total. The second-order valence-corrected chi connectivity index (χ2v) is 7.17. The van der Waals surface area contributed by atoms with E-state index in [0.717, 1.165) is 44.2 Å². The Morgan fingerprint density at radius 3 is 2.88 bits per heavy atom. The fourth-order valence-corrected chi connectivity index (χ4v) is 4.19. The molecule has 0 saturated carbocycles. The predicted octanol–water partition coefficient (Wildman–Crippen LogP) is 1.69. The molecule has 3 aliphatic heterocycles. The van der Waals surface area contributed by atoms with Crippen molar-refractivity contribution in [1.29, 1.82) is 0 Å². The summed E-state index contributed by atoms with van der Waals surface area (Å²) in [7, 11) is 2.11. The van der Waals surface area contributed by atoms with Crippen LogP contribution >= 0.6 is 0 Å². The first kappa shape index (κ1) is 17.0. The highest BCUT2D eigenvalue weighted by atomic mass is 16.1. The van der Waals surface area contributed by atoms with Gasteiger partial charge in [-0.3, -0.25) is 14.6 Å². The summed E-state index contributed by atoms with van der Waals surface area (Å²) in [5.41, 5.74) is 0.738. The quantitative estimate of drug-likeness (QED) is 0.809. The van der Waals surface area contributed by atoms with Gasteiger partial charge in [0, 0.05) is 31.2 Å². The van der Waals surface area contributed by atoms with Crippen LogP contribution < -0.4 is 5.32 Å². The highest BCUT2D eigenvalue weighted by Gasteiger charge is 2.40. The first-order valence-corrected chi connectivity index (χ1v) is 8.86. The minimum atomic E-state index is 0.0311. The summed E-state index contributed by atoms with van der Waals surface area (Å²) in [5, 5.41) is 3.11. The first-order chi connectivity index (χ1) is 11.7. The van der Waals surface area contributed by atoms with Crippen LogP contribution in [0.2, 0.25) is 0 Å². The Hall–Kier alpha value is -1.83. The molecule has 1 aromatic rings. The van der Waals surface area contributed by atoms with E-state index in [1.807, 2.05) is 30.3 Å². The molecule has 4 rings (SSSR count). The molecule has 3 fully saturated rings. The van der Waals surface area contributed by atoms with E-state index in [4.69, 9.17) is 6.42 Å². The van der Waals surface area contributed by atoms with Crippen molar-refractivity contribution < 1.29 is 4.79 Å². The fraction of sp³-hybridized carbons (Fsp3) is 0.550. The topological polar surface area (TPSA) is 35.6 Å². The number of nitrogens with zero attached hydrogens (tertiary/aromatic N) is 2. The summed E-state index contributed by atoms with van der Waals surface area (Å²) in [6, 6.07) is 9.93. The third kappa shape index (κ3) is 3.98. The van der Waals surface area contributed by atoms with Gasteiger partial charge in [-0.15, -0.1) is 6.42 Å². The van der Waals surface area contributed by atoms with E-state index in [1.165, 1.54) is 12.8 Å². The van der Waals surface area contributed by atoms with Crippen molar-refractivity contribution in [3.8, 4) is 12.3 Å². The molecule has 1 aromatic carbocycles. The Bertz CT molecular complexity index is 595. The molecule has 3 aliphatic rings. The van der Waals surface area contributed by atoms with Gasteiger partial charge in [-0.05, 0) is 50.4 Å². The lowest BCUT2D eigenvalue weighted by atomic mass is 9.75. The van der Waals surface area contributed by atoms with Crippen LogP contribution in [-0.2, 0) is 0 Å². The SMILES string of the molecule is C#CCN(C)C[C@H]1CN2CC[C@H]1C[C@@H]2CNC(=O)c1ccccc1. The second kappa shape index (κ2) is 7.83. The smallest absolute Gasteiger partial charge is 0.251 e. The molecule has 3 heterocycles. The third-order valence-electron chi connectivity index (χ3n) is 5.46. The predicted molar refractivity (Wildman–Crippen MR) is 96.7 cm³/mol. The lowest BCUT2D eigenvalue weighted by Crippen LogP contribution is -2.58. The normalized spacial score (nSPS) is 28.5. The van der Waals surface area contributed by atoms with Crippen LogP contribution in [0.15, 0.2) is 30.3 Å². The molecule has 3 saturated heterocycles.